The highest BCUT2D eigenvalue weighted by Gasteiger charge is 2.34. The minimum atomic E-state index is -4.56. The van der Waals surface area contributed by atoms with E-state index in [1.54, 1.807) is 6.92 Å². The molecule has 152 valence electrons. The number of aryl methyl sites for hydroxylation is 1. The van der Waals surface area contributed by atoms with Gasteiger partial charge in [0.2, 0.25) is 10.0 Å². The van der Waals surface area contributed by atoms with E-state index in [1.165, 1.54) is 13.1 Å². The SMILES string of the molecule is CC[C@@H](CCNS(=O)(=O)c1cn(C(F)F)nc1C)n1ccc(C(F)(F)F)n1. The Bertz CT molecular complexity index is 875. The quantitative estimate of drug-likeness (QED) is 0.672. The molecule has 0 aliphatic carbocycles. The van der Waals surface area contributed by atoms with Crippen LogP contribution < -0.4 is 4.72 Å². The summed E-state index contributed by atoms with van der Waals surface area (Å²) in [7, 11) is -4.08. The van der Waals surface area contributed by atoms with Crippen molar-refractivity contribution in [2.45, 2.75) is 50.4 Å². The van der Waals surface area contributed by atoms with Crippen molar-refractivity contribution in [1.82, 2.24) is 24.3 Å². The van der Waals surface area contributed by atoms with Gasteiger partial charge in [0.1, 0.15) is 4.90 Å². The van der Waals surface area contributed by atoms with E-state index in [0.29, 0.717) is 6.42 Å². The second-order valence-corrected chi connectivity index (χ2v) is 7.50. The van der Waals surface area contributed by atoms with Gasteiger partial charge in [0.15, 0.2) is 5.69 Å². The van der Waals surface area contributed by atoms with Gasteiger partial charge in [-0.15, -0.1) is 0 Å². The maximum Gasteiger partial charge on any atom is 0.435 e. The fourth-order valence-corrected chi connectivity index (χ4v) is 3.70. The molecule has 0 saturated heterocycles. The van der Waals surface area contributed by atoms with Crippen LogP contribution in [0.1, 0.15) is 43.7 Å². The lowest BCUT2D eigenvalue weighted by atomic mass is 10.1. The maximum atomic E-state index is 12.6. The molecule has 27 heavy (non-hydrogen) atoms. The first-order valence-electron chi connectivity index (χ1n) is 7.91. The van der Waals surface area contributed by atoms with E-state index in [0.717, 1.165) is 16.9 Å². The van der Waals surface area contributed by atoms with E-state index in [-0.39, 0.29) is 28.2 Å². The van der Waals surface area contributed by atoms with Gasteiger partial charge >= 0.3 is 12.7 Å². The Morgan fingerprint density at radius 2 is 1.89 bits per heavy atom. The topological polar surface area (TPSA) is 81.8 Å². The number of alkyl halides is 5. The molecule has 0 aliphatic rings. The molecule has 2 aromatic rings. The van der Waals surface area contributed by atoms with Crippen LogP contribution in [0.25, 0.3) is 0 Å². The van der Waals surface area contributed by atoms with Crippen LogP contribution in [0.2, 0.25) is 0 Å². The van der Waals surface area contributed by atoms with Gasteiger partial charge in [-0.1, -0.05) is 6.92 Å². The smallest absolute Gasteiger partial charge is 0.269 e. The molecule has 0 radical (unpaired) electrons. The van der Waals surface area contributed by atoms with Gasteiger partial charge in [-0.25, -0.2) is 17.8 Å². The van der Waals surface area contributed by atoms with Crippen LogP contribution in [0.4, 0.5) is 22.0 Å². The molecular formula is C14H18F5N5O2S. The summed E-state index contributed by atoms with van der Waals surface area (Å²) in [6.07, 6.45) is -2.07. The van der Waals surface area contributed by atoms with Crippen LogP contribution in [0.5, 0.6) is 0 Å². The van der Waals surface area contributed by atoms with Crippen molar-refractivity contribution in [1.29, 1.82) is 0 Å². The summed E-state index contributed by atoms with van der Waals surface area (Å²) in [5.74, 6) is 0. The van der Waals surface area contributed by atoms with E-state index in [4.69, 9.17) is 0 Å². The molecule has 0 aliphatic heterocycles. The molecule has 0 aromatic carbocycles. The average molecular weight is 415 g/mol. The highest BCUT2D eigenvalue weighted by atomic mass is 32.2. The zero-order chi connectivity index (χ0) is 20.4. The van der Waals surface area contributed by atoms with Crippen molar-refractivity contribution in [3.05, 3.63) is 29.8 Å². The van der Waals surface area contributed by atoms with Crippen LogP contribution in [-0.4, -0.2) is 34.5 Å². The largest absolute Gasteiger partial charge is 0.435 e. The van der Waals surface area contributed by atoms with Gasteiger partial charge < -0.3 is 0 Å². The Labute approximate surface area is 152 Å². The van der Waals surface area contributed by atoms with E-state index < -0.39 is 34.5 Å². The van der Waals surface area contributed by atoms with Crippen LogP contribution in [0.15, 0.2) is 23.4 Å². The van der Waals surface area contributed by atoms with Crippen molar-refractivity contribution >= 4 is 10.0 Å². The summed E-state index contributed by atoms with van der Waals surface area (Å²) in [6.45, 7) is -0.0727. The average Bonchev–Trinajstić information content (AvgIpc) is 3.18. The molecule has 0 saturated carbocycles. The summed E-state index contributed by atoms with van der Waals surface area (Å²) < 4.78 is 91.3. The van der Waals surface area contributed by atoms with E-state index >= 15 is 0 Å². The number of hydrogen-bond donors (Lipinski definition) is 1. The Hall–Kier alpha value is -2.02. The third kappa shape index (κ3) is 5.03. The summed E-state index contributed by atoms with van der Waals surface area (Å²) in [5.41, 5.74) is -1.12. The maximum absolute atomic E-state index is 12.6. The highest BCUT2D eigenvalue weighted by Crippen LogP contribution is 2.28. The predicted octanol–water partition coefficient (Wildman–Crippen LogP) is 3.12. The first-order valence-corrected chi connectivity index (χ1v) is 9.40. The van der Waals surface area contributed by atoms with Gasteiger partial charge in [-0.2, -0.15) is 32.1 Å². The summed E-state index contributed by atoms with van der Waals surface area (Å²) >= 11 is 0. The van der Waals surface area contributed by atoms with Gasteiger partial charge in [-0.3, -0.25) is 4.68 Å². The fourth-order valence-electron chi connectivity index (χ4n) is 2.48. The third-order valence-corrected chi connectivity index (χ3v) is 5.44. The normalized spacial score (nSPS) is 14.1. The predicted molar refractivity (Wildman–Crippen MR) is 84.6 cm³/mol. The Morgan fingerprint density at radius 1 is 1.22 bits per heavy atom. The van der Waals surface area contributed by atoms with Crippen LogP contribution in [0.3, 0.4) is 0 Å². The van der Waals surface area contributed by atoms with Crippen molar-refractivity contribution < 1.29 is 30.4 Å². The van der Waals surface area contributed by atoms with Crippen LogP contribution >= 0.6 is 0 Å². The lowest BCUT2D eigenvalue weighted by Gasteiger charge is -2.16. The van der Waals surface area contributed by atoms with Crippen molar-refractivity contribution in [3.63, 3.8) is 0 Å². The molecule has 1 N–H and O–H groups in total. The first-order chi connectivity index (χ1) is 12.5. The molecule has 0 bridgehead atoms. The molecule has 0 unspecified atom stereocenters. The summed E-state index contributed by atoms with van der Waals surface area (Å²) in [6, 6.07) is 0.378. The van der Waals surface area contributed by atoms with Crippen molar-refractivity contribution in [2.75, 3.05) is 6.54 Å². The molecule has 0 spiro atoms. The van der Waals surface area contributed by atoms with E-state index in [1.807, 2.05) is 0 Å². The monoisotopic (exact) mass is 415 g/mol. The number of nitrogens with one attached hydrogen (secondary N) is 1. The third-order valence-electron chi connectivity index (χ3n) is 3.87. The zero-order valence-electron chi connectivity index (χ0n) is 14.4. The lowest BCUT2D eigenvalue weighted by Crippen LogP contribution is -2.27. The molecule has 7 nitrogen and oxygen atoms in total. The molecule has 0 amide bonds. The number of nitrogens with zero attached hydrogens (tertiary/aromatic N) is 4. The number of hydrogen-bond acceptors (Lipinski definition) is 4. The molecule has 2 rings (SSSR count). The highest BCUT2D eigenvalue weighted by molar-refractivity contribution is 7.89. The Kier molecular flexibility index (Phi) is 6.24. The van der Waals surface area contributed by atoms with Crippen molar-refractivity contribution in [2.24, 2.45) is 0 Å². The minimum absolute atomic E-state index is 0.0864. The van der Waals surface area contributed by atoms with Gasteiger partial charge in [-0.05, 0) is 25.8 Å². The fraction of sp³-hybridized carbons (Fsp3) is 0.571. The number of sulfonamides is 1. The van der Waals surface area contributed by atoms with E-state index in [9.17, 15) is 30.4 Å². The van der Waals surface area contributed by atoms with Crippen LogP contribution in [0, 0.1) is 6.92 Å². The van der Waals surface area contributed by atoms with Gasteiger partial charge in [0, 0.05) is 12.7 Å². The second kappa shape index (κ2) is 7.92. The Morgan fingerprint density at radius 3 is 2.37 bits per heavy atom. The summed E-state index contributed by atoms with van der Waals surface area (Å²) in [4.78, 5) is -0.380. The Balaban J connectivity index is 2.04. The zero-order valence-corrected chi connectivity index (χ0v) is 15.2. The lowest BCUT2D eigenvalue weighted by molar-refractivity contribution is -0.141. The second-order valence-electron chi connectivity index (χ2n) is 5.76. The number of rotatable bonds is 8. The van der Waals surface area contributed by atoms with Gasteiger partial charge in [0.05, 0.1) is 17.9 Å². The molecular weight excluding hydrogens is 397 g/mol. The molecule has 2 aromatic heterocycles. The van der Waals surface area contributed by atoms with Crippen LogP contribution in [-0.2, 0) is 16.2 Å². The molecule has 1 atom stereocenters. The molecule has 13 heteroatoms. The number of halogens is 5. The minimum Gasteiger partial charge on any atom is -0.269 e. The standard InChI is InChI=1S/C14H18F5N5O2S/c1-3-10(23-7-5-12(22-23)14(17,18)19)4-6-20-27(25,26)11-8-24(13(15)16)21-9(11)2/h5,7-8,10,13,20H,3-4,6H2,1-2H3/t10-/m0/s1. The van der Waals surface area contributed by atoms with Crippen molar-refractivity contribution in [3.8, 4) is 0 Å². The number of aromatic nitrogens is 4. The van der Waals surface area contributed by atoms with E-state index in [2.05, 4.69) is 14.9 Å². The summed E-state index contributed by atoms with van der Waals surface area (Å²) in [5, 5.41) is 6.92. The van der Waals surface area contributed by atoms with Gasteiger partial charge in [0.25, 0.3) is 0 Å². The molecule has 0 fully saturated rings. The molecule has 2 heterocycles. The first kappa shape index (κ1) is 21.3.